The van der Waals surface area contributed by atoms with E-state index in [2.05, 4.69) is 6.08 Å². The second-order valence-electron chi connectivity index (χ2n) is 3.34. The standard InChI is InChI=1S/C9H12O/c10-9-5-4-7-2-1-3-8(9)6-7/h3,7H,1-2,4-6H2. The molecule has 2 bridgehead atoms. The Kier molecular flexibility index (Phi) is 1.37. The molecule has 10 heavy (non-hydrogen) atoms. The lowest BCUT2D eigenvalue weighted by atomic mass is 9.78. The molecule has 1 saturated carbocycles. The van der Waals surface area contributed by atoms with Crippen LogP contribution in [0.3, 0.4) is 0 Å². The molecule has 1 unspecified atom stereocenters. The number of fused-ring (bicyclic) bond motifs is 2. The predicted molar refractivity (Wildman–Crippen MR) is 39.7 cm³/mol. The lowest BCUT2D eigenvalue weighted by Crippen LogP contribution is -2.19. The van der Waals surface area contributed by atoms with Gasteiger partial charge in [0.15, 0.2) is 5.78 Å². The Hall–Kier alpha value is -0.590. The Morgan fingerprint density at radius 3 is 3.10 bits per heavy atom. The van der Waals surface area contributed by atoms with Gasteiger partial charge < -0.3 is 0 Å². The molecule has 2 aliphatic carbocycles. The molecule has 0 saturated heterocycles. The van der Waals surface area contributed by atoms with E-state index in [-0.39, 0.29) is 0 Å². The van der Waals surface area contributed by atoms with E-state index < -0.39 is 0 Å². The third-order valence-corrected chi connectivity index (χ3v) is 2.61. The molecule has 0 aromatic carbocycles. The Labute approximate surface area is 61.1 Å². The number of Topliss-reactive ketones (excluding diaryl/α,β-unsaturated/α-hetero) is 1. The number of carbonyl (C=O) groups excluding carboxylic acids is 1. The molecule has 1 nitrogen and oxygen atoms in total. The second kappa shape index (κ2) is 2.22. The topological polar surface area (TPSA) is 17.1 Å². The molecule has 2 aliphatic rings. The highest BCUT2D eigenvalue weighted by molar-refractivity contribution is 5.96. The van der Waals surface area contributed by atoms with Gasteiger partial charge in [-0.1, -0.05) is 6.08 Å². The Balaban J connectivity index is 2.23. The number of rotatable bonds is 0. The minimum atomic E-state index is 0.413. The van der Waals surface area contributed by atoms with Gasteiger partial charge in [-0.3, -0.25) is 4.79 Å². The summed E-state index contributed by atoms with van der Waals surface area (Å²) in [7, 11) is 0. The zero-order valence-electron chi connectivity index (χ0n) is 6.10. The maximum atomic E-state index is 11.1. The smallest absolute Gasteiger partial charge is 0.158 e. The maximum absolute atomic E-state index is 11.1. The van der Waals surface area contributed by atoms with E-state index in [4.69, 9.17) is 0 Å². The van der Waals surface area contributed by atoms with E-state index in [0.717, 1.165) is 37.2 Å². The van der Waals surface area contributed by atoms with Crippen molar-refractivity contribution < 1.29 is 4.79 Å². The number of allylic oxidation sites excluding steroid dienone is 2. The molecule has 1 fully saturated rings. The van der Waals surface area contributed by atoms with Crippen molar-refractivity contribution in [3.05, 3.63) is 11.6 Å². The Morgan fingerprint density at radius 1 is 1.40 bits per heavy atom. The van der Waals surface area contributed by atoms with Crippen molar-refractivity contribution >= 4 is 5.78 Å². The fourth-order valence-corrected chi connectivity index (χ4v) is 1.96. The van der Waals surface area contributed by atoms with E-state index in [9.17, 15) is 4.79 Å². The first kappa shape index (κ1) is 6.14. The number of carbonyl (C=O) groups is 1. The fourth-order valence-electron chi connectivity index (χ4n) is 1.96. The van der Waals surface area contributed by atoms with Gasteiger partial charge in [-0.25, -0.2) is 0 Å². The van der Waals surface area contributed by atoms with E-state index in [1.54, 1.807) is 0 Å². The van der Waals surface area contributed by atoms with E-state index in [1.807, 2.05) is 0 Å². The summed E-state index contributed by atoms with van der Waals surface area (Å²) >= 11 is 0. The van der Waals surface area contributed by atoms with Crippen LogP contribution >= 0.6 is 0 Å². The van der Waals surface area contributed by atoms with Crippen LogP contribution in [0.1, 0.15) is 32.1 Å². The lowest BCUT2D eigenvalue weighted by molar-refractivity contribution is -0.117. The van der Waals surface area contributed by atoms with Crippen LogP contribution in [0.4, 0.5) is 0 Å². The molecule has 0 aromatic heterocycles. The lowest BCUT2D eigenvalue weighted by Gasteiger charge is -2.26. The summed E-state index contributed by atoms with van der Waals surface area (Å²) in [5.74, 6) is 1.26. The highest BCUT2D eigenvalue weighted by Gasteiger charge is 2.25. The van der Waals surface area contributed by atoms with Gasteiger partial charge in [0.1, 0.15) is 0 Å². The predicted octanol–water partition coefficient (Wildman–Crippen LogP) is 2.08. The molecule has 1 heteroatoms. The summed E-state index contributed by atoms with van der Waals surface area (Å²) in [6.07, 6.45) is 7.64. The van der Waals surface area contributed by atoms with Gasteiger partial charge in [0.05, 0.1) is 0 Å². The zero-order chi connectivity index (χ0) is 6.97. The van der Waals surface area contributed by atoms with Crippen LogP contribution < -0.4 is 0 Å². The maximum Gasteiger partial charge on any atom is 0.158 e. The van der Waals surface area contributed by atoms with Crippen LogP contribution in [0, 0.1) is 5.92 Å². The molecule has 0 heterocycles. The molecule has 0 N–H and O–H groups in total. The fraction of sp³-hybridized carbons (Fsp3) is 0.667. The van der Waals surface area contributed by atoms with Crippen LogP contribution in [0.25, 0.3) is 0 Å². The highest BCUT2D eigenvalue weighted by Crippen LogP contribution is 2.33. The van der Waals surface area contributed by atoms with Crippen molar-refractivity contribution in [2.45, 2.75) is 32.1 Å². The zero-order valence-corrected chi connectivity index (χ0v) is 6.10. The average molecular weight is 136 g/mol. The molecule has 0 radical (unpaired) electrons. The van der Waals surface area contributed by atoms with Crippen molar-refractivity contribution in [3.63, 3.8) is 0 Å². The highest BCUT2D eigenvalue weighted by atomic mass is 16.1. The summed E-state index contributed by atoms with van der Waals surface area (Å²) in [4.78, 5) is 11.1. The molecule has 1 atom stereocenters. The third kappa shape index (κ3) is 0.898. The average Bonchev–Trinajstić information content (AvgIpc) is 1.99. The molecule has 0 spiro atoms. The van der Waals surface area contributed by atoms with Gasteiger partial charge in [0, 0.05) is 6.42 Å². The van der Waals surface area contributed by atoms with E-state index in [1.165, 1.54) is 6.42 Å². The monoisotopic (exact) mass is 136 g/mol. The van der Waals surface area contributed by atoms with Crippen LogP contribution in [0.15, 0.2) is 11.6 Å². The molecular formula is C9H12O. The first-order chi connectivity index (χ1) is 4.86. The summed E-state index contributed by atoms with van der Waals surface area (Å²) < 4.78 is 0. The van der Waals surface area contributed by atoms with Crippen LogP contribution in [-0.2, 0) is 4.79 Å². The number of hydrogen-bond donors (Lipinski definition) is 0. The van der Waals surface area contributed by atoms with Gasteiger partial charge in [-0.05, 0) is 37.2 Å². The van der Waals surface area contributed by atoms with Crippen molar-refractivity contribution in [3.8, 4) is 0 Å². The minimum Gasteiger partial charge on any atom is -0.295 e. The number of hydrogen-bond acceptors (Lipinski definition) is 1. The Morgan fingerprint density at radius 2 is 2.30 bits per heavy atom. The SMILES string of the molecule is O=C1CCC2CCC=C1C2. The van der Waals surface area contributed by atoms with Crippen molar-refractivity contribution in [1.29, 1.82) is 0 Å². The normalized spacial score (nSPS) is 31.8. The molecule has 0 aliphatic heterocycles. The van der Waals surface area contributed by atoms with Crippen molar-refractivity contribution in [2.75, 3.05) is 0 Å². The van der Waals surface area contributed by atoms with Crippen molar-refractivity contribution in [2.24, 2.45) is 5.92 Å². The Bertz CT molecular complexity index is 191. The van der Waals surface area contributed by atoms with Gasteiger partial charge in [0.2, 0.25) is 0 Å². The molecule has 54 valence electrons. The molecular weight excluding hydrogens is 124 g/mol. The quantitative estimate of drug-likeness (QED) is 0.498. The first-order valence-electron chi connectivity index (χ1n) is 4.08. The first-order valence-corrected chi connectivity index (χ1v) is 4.08. The molecule has 0 amide bonds. The minimum absolute atomic E-state index is 0.413. The van der Waals surface area contributed by atoms with E-state index in [0.29, 0.717) is 5.78 Å². The molecule has 2 rings (SSSR count). The summed E-state index contributed by atoms with van der Waals surface area (Å²) in [6, 6.07) is 0. The van der Waals surface area contributed by atoms with Gasteiger partial charge in [0.25, 0.3) is 0 Å². The van der Waals surface area contributed by atoms with Gasteiger partial charge in [-0.15, -0.1) is 0 Å². The van der Waals surface area contributed by atoms with E-state index >= 15 is 0 Å². The van der Waals surface area contributed by atoms with Crippen molar-refractivity contribution in [1.82, 2.24) is 0 Å². The van der Waals surface area contributed by atoms with Gasteiger partial charge >= 0.3 is 0 Å². The second-order valence-corrected chi connectivity index (χ2v) is 3.34. The number of ketones is 1. The van der Waals surface area contributed by atoms with Crippen LogP contribution in [0.2, 0.25) is 0 Å². The third-order valence-electron chi connectivity index (χ3n) is 2.61. The summed E-state index contributed by atoms with van der Waals surface area (Å²) in [6.45, 7) is 0. The molecule has 0 aromatic rings. The van der Waals surface area contributed by atoms with Crippen LogP contribution in [-0.4, -0.2) is 5.78 Å². The van der Waals surface area contributed by atoms with Crippen LogP contribution in [0.5, 0.6) is 0 Å². The van der Waals surface area contributed by atoms with Gasteiger partial charge in [-0.2, -0.15) is 0 Å². The largest absolute Gasteiger partial charge is 0.295 e. The summed E-state index contributed by atoms with van der Waals surface area (Å²) in [5, 5.41) is 0. The summed E-state index contributed by atoms with van der Waals surface area (Å²) in [5.41, 5.74) is 1.13.